The van der Waals surface area contributed by atoms with Crippen LogP contribution in [0.4, 0.5) is 4.39 Å². The summed E-state index contributed by atoms with van der Waals surface area (Å²) in [5.74, 6) is 0.612. The third-order valence-electron chi connectivity index (χ3n) is 5.62. The molecule has 0 spiro atoms. The van der Waals surface area contributed by atoms with Crippen LogP contribution in [0, 0.1) is 5.82 Å². The van der Waals surface area contributed by atoms with E-state index in [9.17, 15) is 12.8 Å². The smallest absolute Gasteiger partial charge is 0.278 e. The first-order valence-electron chi connectivity index (χ1n) is 9.65. The highest BCUT2D eigenvalue weighted by Gasteiger charge is 2.36. The largest absolute Gasteiger partial charge is 0.381 e. The fraction of sp³-hybridized carbons (Fsp3) is 0.421. The van der Waals surface area contributed by atoms with E-state index in [1.54, 1.807) is 11.7 Å². The van der Waals surface area contributed by atoms with Gasteiger partial charge in [0.1, 0.15) is 5.82 Å². The van der Waals surface area contributed by atoms with Crippen molar-refractivity contribution in [3.8, 4) is 11.6 Å². The Morgan fingerprint density at radius 1 is 1.13 bits per heavy atom. The molecule has 0 bridgehead atoms. The number of hydrogen-bond acceptors (Lipinski definition) is 7. The number of rotatable bonds is 4. The molecule has 1 aromatic carbocycles. The van der Waals surface area contributed by atoms with Crippen LogP contribution in [0.25, 0.3) is 11.6 Å². The minimum atomic E-state index is -3.78. The van der Waals surface area contributed by atoms with Gasteiger partial charge in [-0.2, -0.15) is 14.4 Å². The Morgan fingerprint density at radius 2 is 1.87 bits per heavy atom. The standard InChI is InChI=1S/C19H20FN5O4S/c1-24-16-11-25(30(26,27)14-4-2-13(20)3-5-14)10-15(16)17(22-24)19-21-18(23-29-19)12-6-8-28-9-7-12/h2-5,12H,6-11H2,1H3. The molecular formula is C19H20FN5O4S. The zero-order valence-corrected chi connectivity index (χ0v) is 17.1. The number of sulfonamides is 1. The second kappa shape index (κ2) is 7.25. The van der Waals surface area contributed by atoms with Crippen LogP contribution in [0.15, 0.2) is 33.7 Å². The zero-order chi connectivity index (χ0) is 20.9. The van der Waals surface area contributed by atoms with Gasteiger partial charge in [0.05, 0.1) is 17.1 Å². The fourth-order valence-corrected chi connectivity index (χ4v) is 5.29. The first-order valence-corrected chi connectivity index (χ1v) is 11.1. The zero-order valence-electron chi connectivity index (χ0n) is 16.3. The Morgan fingerprint density at radius 3 is 2.60 bits per heavy atom. The molecule has 9 nitrogen and oxygen atoms in total. The van der Waals surface area contributed by atoms with Crippen LogP contribution in [0.1, 0.15) is 35.8 Å². The Labute approximate surface area is 172 Å². The Hall–Kier alpha value is -2.63. The van der Waals surface area contributed by atoms with Crippen molar-refractivity contribution in [2.45, 2.75) is 36.7 Å². The van der Waals surface area contributed by atoms with Crippen LogP contribution in [0.2, 0.25) is 0 Å². The number of halogens is 1. The normalized spacial score (nSPS) is 18.1. The van der Waals surface area contributed by atoms with Gasteiger partial charge in [-0.05, 0) is 37.1 Å². The summed E-state index contributed by atoms with van der Waals surface area (Å²) in [6.45, 7) is 1.64. The maximum atomic E-state index is 13.2. The predicted molar refractivity (Wildman–Crippen MR) is 102 cm³/mol. The summed E-state index contributed by atoms with van der Waals surface area (Å²) in [6, 6.07) is 4.81. The van der Waals surface area contributed by atoms with Gasteiger partial charge in [-0.3, -0.25) is 4.68 Å². The molecule has 30 heavy (non-hydrogen) atoms. The molecule has 0 unspecified atom stereocenters. The molecule has 158 valence electrons. The summed E-state index contributed by atoms with van der Waals surface area (Å²) in [5, 5.41) is 8.60. The molecule has 1 fully saturated rings. The molecule has 0 atom stereocenters. The van der Waals surface area contributed by atoms with Crippen LogP contribution in [0.3, 0.4) is 0 Å². The highest BCUT2D eigenvalue weighted by molar-refractivity contribution is 7.89. The van der Waals surface area contributed by atoms with Gasteiger partial charge >= 0.3 is 0 Å². The maximum Gasteiger partial charge on any atom is 0.278 e. The number of fused-ring (bicyclic) bond motifs is 1. The summed E-state index contributed by atoms with van der Waals surface area (Å²) < 4.78 is 53.0. The van der Waals surface area contributed by atoms with E-state index in [0.29, 0.717) is 24.7 Å². The monoisotopic (exact) mass is 433 g/mol. The van der Waals surface area contributed by atoms with E-state index in [2.05, 4.69) is 15.2 Å². The molecule has 4 heterocycles. The predicted octanol–water partition coefficient (Wildman–Crippen LogP) is 2.21. The summed E-state index contributed by atoms with van der Waals surface area (Å²) >= 11 is 0. The highest BCUT2D eigenvalue weighted by Crippen LogP contribution is 2.35. The molecule has 5 rings (SSSR count). The van der Waals surface area contributed by atoms with Crippen molar-refractivity contribution in [1.29, 1.82) is 0 Å². The molecule has 0 amide bonds. The lowest BCUT2D eigenvalue weighted by Crippen LogP contribution is -2.26. The minimum Gasteiger partial charge on any atom is -0.381 e. The van der Waals surface area contributed by atoms with Gasteiger partial charge in [0.15, 0.2) is 11.5 Å². The van der Waals surface area contributed by atoms with Crippen molar-refractivity contribution in [3.63, 3.8) is 0 Å². The van der Waals surface area contributed by atoms with Gasteiger partial charge in [-0.1, -0.05) is 5.16 Å². The number of hydrogen-bond donors (Lipinski definition) is 0. The Balaban J connectivity index is 1.43. The van der Waals surface area contributed by atoms with Crippen molar-refractivity contribution in [3.05, 3.63) is 47.2 Å². The molecule has 2 aliphatic heterocycles. The quantitative estimate of drug-likeness (QED) is 0.621. The maximum absolute atomic E-state index is 13.2. The molecule has 0 aliphatic carbocycles. The Kier molecular flexibility index (Phi) is 4.68. The molecular weight excluding hydrogens is 413 g/mol. The number of nitrogens with zero attached hydrogens (tertiary/aromatic N) is 5. The number of ether oxygens (including phenoxy) is 1. The molecule has 0 saturated carbocycles. The lowest BCUT2D eigenvalue weighted by atomic mass is 10.00. The lowest BCUT2D eigenvalue weighted by molar-refractivity contribution is 0.0830. The van der Waals surface area contributed by atoms with Gasteiger partial charge in [-0.15, -0.1) is 0 Å². The number of aryl methyl sites for hydroxylation is 1. The average Bonchev–Trinajstić information content (AvgIpc) is 3.46. The van der Waals surface area contributed by atoms with Crippen molar-refractivity contribution >= 4 is 10.0 Å². The van der Waals surface area contributed by atoms with E-state index >= 15 is 0 Å². The second-order valence-electron chi connectivity index (χ2n) is 7.47. The summed E-state index contributed by atoms with van der Waals surface area (Å²) in [5.41, 5.74) is 2.00. The molecule has 3 aromatic rings. The number of aromatic nitrogens is 4. The van der Waals surface area contributed by atoms with Gasteiger partial charge in [-0.25, -0.2) is 12.8 Å². The summed E-state index contributed by atoms with van der Waals surface area (Å²) in [7, 11) is -2.02. The van der Waals surface area contributed by atoms with Crippen molar-refractivity contribution in [1.82, 2.24) is 24.2 Å². The van der Waals surface area contributed by atoms with Gasteiger partial charge in [0.2, 0.25) is 10.0 Å². The molecule has 2 aromatic heterocycles. The Bertz CT molecular complexity index is 1180. The third kappa shape index (κ3) is 3.22. The average molecular weight is 433 g/mol. The van der Waals surface area contributed by atoms with Crippen LogP contribution in [0.5, 0.6) is 0 Å². The second-order valence-corrected chi connectivity index (χ2v) is 9.41. The first-order chi connectivity index (χ1) is 14.4. The van der Waals surface area contributed by atoms with Crippen molar-refractivity contribution in [2.24, 2.45) is 7.05 Å². The summed E-state index contributed by atoms with van der Waals surface area (Å²) in [4.78, 5) is 4.58. The van der Waals surface area contributed by atoms with Crippen LogP contribution in [-0.4, -0.2) is 45.9 Å². The van der Waals surface area contributed by atoms with E-state index in [0.717, 1.165) is 36.2 Å². The van der Waals surface area contributed by atoms with E-state index in [-0.39, 0.29) is 29.8 Å². The number of benzene rings is 1. The highest BCUT2D eigenvalue weighted by atomic mass is 32.2. The van der Waals surface area contributed by atoms with Crippen LogP contribution < -0.4 is 0 Å². The van der Waals surface area contributed by atoms with Gasteiger partial charge in [0, 0.05) is 38.3 Å². The van der Waals surface area contributed by atoms with E-state index in [1.165, 1.54) is 16.4 Å². The van der Waals surface area contributed by atoms with Crippen molar-refractivity contribution < 1.29 is 22.1 Å². The van der Waals surface area contributed by atoms with Gasteiger partial charge in [0.25, 0.3) is 5.89 Å². The fourth-order valence-electron chi connectivity index (χ4n) is 3.92. The molecule has 0 radical (unpaired) electrons. The molecule has 2 aliphatic rings. The molecule has 1 saturated heterocycles. The minimum absolute atomic E-state index is 0.0470. The first kappa shape index (κ1) is 19.3. The van der Waals surface area contributed by atoms with E-state index < -0.39 is 15.8 Å². The molecule has 11 heteroatoms. The SMILES string of the molecule is Cn1nc(-c2nc(C3CCOCC3)no2)c2c1CN(S(=O)(=O)c1ccc(F)cc1)C2. The van der Waals surface area contributed by atoms with E-state index in [4.69, 9.17) is 9.26 Å². The summed E-state index contributed by atoms with van der Waals surface area (Å²) in [6.07, 6.45) is 1.67. The van der Waals surface area contributed by atoms with Crippen LogP contribution in [-0.2, 0) is 34.9 Å². The third-order valence-corrected chi connectivity index (χ3v) is 7.42. The molecule has 0 N–H and O–H groups in total. The van der Waals surface area contributed by atoms with Crippen LogP contribution >= 0.6 is 0 Å². The van der Waals surface area contributed by atoms with Crippen molar-refractivity contribution in [2.75, 3.05) is 13.2 Å². The topological polar surface area (TPSA) is 103 Å². The van der Waals surface area contributed by atoms with E-state index in [1.807, 2.05) is 0 Å². The van der Waals surface area contributed by atoms with Gasteiger partial charge < -0.3 is 9.26 Å². The lowest BCUT2D eigenvalue weighted by Gasteiger charge is -2.18.